The predicted molar refractivity (Wildman–Crippen MR) is 69.8 cm³/mol. The zero-order valence-electron chi connectivity index (χ0n) is 11.0. The van der Waals surface area contributed by atoms with E-state index in [4.69, 9.17) is 0 Å². The molecule has 0 radical (unpaired) electrons. The molecule has 2 unspecified atom stereocenters. The number of amides is 1. The Bertz CT molecular complexity index is 247. The monoisotopic (exact) mass is 238 g/mol. The number of hydrogen-bond donors (Lipinski definition) is 2. The molecule has 0 aromatic heterocycles. The maximum Gasteiger partial charge on any atom is 0.223 e. The number of hydrogen-bond acceptors (Lipinski definition) is 2. The van der Waals surface area contributed by atoms with Crippen LogP contribution < -0.4 is 10.6 Å². The highest BCUT2D eigenvalue weighted by molar-refractivity contribution is 5.79. The topological polar surface area (TPSA) is 41.1 Å². The van der Waals surface area contributed by atoms with E-state index in [1.165, 1.54) is 32.1 Å². The van der Waals surface area contributed by atoms with Crippen LogP contribution in [0.5, 0.6) is 0 Å². The molecule has 2 fully saturated rings. The molecule has 1 heterocycles. The lowest BCUT2D eigenvalue weighted by Crippen LogP contribution is -2.42. The fourth-order valence-corrected chi connectivity index (χ4v) is 3.02. The molecule has 2 atom stereocenters. The summed E-state index contributed by atoms with van der Waals surface area (Å²) in [6.07, 6.45) is 8.64. The van der Waals surface area contributed by atoms with Gasteiger partial charge in [0.05, 0.1) is 0 Å². The third-order valence-electron chi connectivity index (χ3n) is 4.32. The minimum absolute atomic E-state index is 0.281. The zero-order valence-corrected chi connectivity index (χ0v) is 11.0. The van der Waals surface area contributed by atoms with Crippen LogP contribution in [-0.2, 0) is 4.79 Å². The van der Waals surface area contributed by atoms with Gasteiger partial charge < -0.3 is 10.6 Å². The fraction of sp³-hybridized carbons (Fsp3) is 0.929. The number of nitrogens with one attached hydrogen (secondary N) is 2. The first-order valence-electron chi connectivity index (χ1n) is 7.28. The van der Waals surface area contributed by atoms with Gasteiger partial charge in [-0.3, -0.25) is 4.79 Å². The lowest BCUT2D eigenvalue weighted by atomic mass is 9.90. The smallest absolute Gasteiger partial charge is 0.223 e. The van der Waals surface area contributed by atoms with Gasteiger partial charge in [0.25, 0.3) is 0 Å². The fourth-order valence-electron chi connectivity index (χ4n) is 3.02. The van der Waals surface area contributed by atoms with Crippen LogP contribution in [0.2, 0.25) is 0 Å². The number of carbonyl (C=O) groups is 1. The minimum Gasteiger partial charge on any atom is -0.352 e. The molecule has 17 heavy (non-hydrogen) atoms. The molecule has 1 saturated carbocycles. The molecule has 1 amide bonds. The van der Waals surface area contributed by atoms with Gasteiger partial charge in [-0.2, -0.15) is 0 Å². The molecule has 0 aromatic rings. The van der Waals surface area contributed by atoms with Gasteiger partial charge in [0.1, 0.15) is 0 Å². The maximum atomic E-state index is 12.2. The summed E-state index contributed by atoms with van der Waals surface area (Å²) in [7, 11) is 0. The van der Waals surface area contributed by atoms with E-state index in [1.54, 1.807) is 0 Å². The van der Waals surface area contributed by atoms with Crippen LogP contribution in [-0.4, -0.2) is 25.0 Å². The summed E-state index contributed by atoms with van der Waals surface area (Å²) < 4.78 is 0. The Balaban J connectivity index is 1.80. The number of carbonyl (C=O) groups excluding carboxylic acids is 1. The van der Waals surface area contributed by atoms with E-state index in [2.05, 4.69) is 17.6 Å². The summed E-state index contributed by atoms with van der Waals surface area (Å²) in [5, 5.41) is 6.58. The highest BCUT2D eigenvalue weighted by atomic mass is 16.1. The molecule has 0 aromatic carbocycles. The molecule has 3 heteroatoms. The van der Waals surface area contributed by atoms with Gasteiger partial charge in [-0.1, -0.05) is 39.0 Å². The first kappa shape index (κ1) is 12.9. The maximum absolute atomic E-state index is 12.2. The molecule has 2 aliphatic rings. The van der Waals surface area contributed by atoms with Crippen LogP contribution in [0.3, 0.4) is 0 Å². The van der Waals surface area contributed by atoms with Gasteiger partial charge >= 0.3 is 0 Å². The van der Waals surface area contributed by atoms with Crippen molar-refractivity contribution in [2.24, 2.45) is 11.8 Å². The van der Waals surface area contributed by atoms with E-state index in [9.17, 15) is 4.79 Å². The van der Waals surface area contributed by atoms with Crippen molar-refractivity contribution in [2.75, 3.05) is 13.1 Å². The third kappa shape index (κ3) is 3.70. The summed E-state index contributed by atoms with van der Waals surface area (Å²) in [6, 6.07) is 0.355. The van der Waals surface area contributed by atoms with Crippen molar-refractivity contribution in [1.82, 2.24) is 10.6 Å². The van der Waals surface area contributed by atoms with Crippen molar-refractivity contribution in [2.45, 2.75) is 57.9 Å². The lowest BCUT2D eigenvalue weighted by molar-refractivity contribution is -0.126. The molecule has 0 bridgehead atoms. The average Bonchev–Trinajstić information content (AvgIpc) is 2.63. The zero-order chi connectivity index (χ0) is 12.1. The van der Waals surface area contributed by atoms with Crippen molar-refractivity contribution in [3.05, 3.63) is 0 Å². The van der Waals surface area contributed by atoms with Gasteiger partial charge in [-0.05, 0) is 25.3 Å². The van der Waals surface area contributed by atoms with Gasteiger partial charge in [0.2, 0.25) is 5.91 Å². The predicted octanol–water partition coefficient (Wildman–Crippen LogP) is 2.07. The van der Waals surface area contributed by atoms with Gasteiger partial charge in [-0.15, -0.1) is 0 Å². The van der Waals surface area contributed by atoms with Gasteiger partial charge in [0, 0.05) is 18.5 Å². The molecule has 3 nitrogen and oxygen atoms in total. The molecule has 1 aliphatic heterocycles. The highest BCUT2D eigenvalue weighted by Crippen LogP contribution is 2.23. The van der Waals surface area contributed by atoms with E-state index >= 15 is 0 Å². The van der Waals surface area contributed by atoms with Crippen LogP contribution in [0.15, 0.2) is 0 Å². The van der Waals surface area contributed by atoms with E-state index in [0.29, 0.717) is 17.9 Å². The second kappa shape index (κ2) is 6.39. The second-order valence-corrected chi connectivity index (χ2v) is 5.79. The Kier molecular flexibility index (Phi) is 4.84. The van der Waals surface area contributed by atoms with Crippen molar-refractivity contribution in [3.8, 4) is 0 Å². The number of rotatable bonds is 2. The van der Waals surface area contributed by atoms with E-state index in [1.807, 2.05) is 0 Å². The first-order valence-corrected chi connectivity index (χ1v) is 7.28. The van der Waals surface area contributed by atoms with Gasteiger partial charge in [-0.25, -0.2) is 0 Å². The third-order valence-corrected chi connectivity index (χ3v) is 4.32. The Labute approximate surface area is 105 Å². The minimum atomic E-state index is 0.281. The summed E-state index contributed by atoms with van der Waals surface area (Å²) in [6.45, 7) is 4.19. The van der Waals surface area contributed by atoms with Crippen LogP contribution in [0.25, 0.3) is 0 Å². The van der Waals surface area contributed by atoms with E-state index in [0.717, 1.165) is 25.9 Å². The van der Waals surface area contributed by atoms with Crippen molar-refractivity contribution in [3.63, 3.8) is 0 Å². The van der Waals surface area contributed by atoms with Crippen molar-refractivity contribution < 1.29 is 4.79 Å². The normalized spacial score (nSPS) is 31.8. The summed E-state index contributed by atoms with van der Waals surface area (Å²) >= 11 is 0. The van der Waals surface area contributed by atoms with Crippen LogP contribution in [0, 0.1) is 11.8 Å². The van der Waals surface area contributed by atoms with Gasteiger partial charge in [0.15, 0.2) is 0 Å². The Morgan fingerprint density at radius 2 is 1.71 bits per heavy atom. The first-order chi connectivity index (χ1) is 8.27. The summed E-state index contributed by atoms with van der Waals surface area (Å²) in [5.41, 5.74) is 0. The SMILES string of the molecule is CC1CNCC1NC(=O)C1CCCCCCC1. The molecule has 1 saturated heterocycles. The molecule has 98 valence electrons. The molecule has 2 N–H and O–H groups in total. The summed E-state index contributed by atoms with van der Waals surface area (Å²) in [4.78, 5) is 12.2. The van der Waals surface area contributed by atoms with Crippen LogP contribution >= 0.6 is 0 Å². The molecular weight excluding hydrogens is 212 g/mol. The van der Waals surface area contributed by atoms with Crippen molar-refractivity contribution in [1.29, 1.82) is 0 Å². The molecule has 0 spiro atoms. The Hall–Kier alpha value is -0.570. The highest BCUT2D eigenvalue weighted by Gasteiger charge is 2.27. The van der Waals surface area contributed by atoms with Crippen LogP contribution in [0.1, 0.15) is 51.9 Å². The molecule has 2 rings (SSSR count). The van der Waals surface area contributed by atoms with E-state index in [-0.39, 0.29) is 5.92 Å². The Morgan fingerprint density at radius 1 is 1.06 bits per heavy atom. The largest absolute Gasteiger partial charge is 0.352 e. The van der Waals surface area contributed by atoms with Crippen LogP contribution in [0.4, 0.5) is 0 Å². The molecular formula is C14H26N2O. The summed E-state index contributed by atoms with van der Waals surface area (Å²) in [5.74, 6) is 1.17. The molecule has 1 aliphatic carbocycles. The van der Waals surface area contributed by atoms with Crippen molar-refractivity contribution >= 4 is 5.91 Å². The quantitative estimate of drug-likeness (QED) is 0.773. The average molecular weight is 238 g/mol. The van der Waals surface area contributed by atoms with E-state index < -0.39 is 0 Å². The standard InChI is InChI=1S/C14H26N2O/c1-11-9-15-10-13(11)16-14(17)12-7-5-3-2-4-6-8-12/h11-13,15H,2-10H2,1H3,(H,16,17). The Morgan fingerprint density at radius 3 is 2.29 bits per heavy atom. The second-order valence-electron chi connectivity index (χ2n) is 5.79. The lowest BCUT2D eigenvalue weighted by Gasteiger charge is -2.23.